The van der Waals surface area contributed by atoms with Gasteiger partial charge in [0, 0.05) is 12.0 Å². The predicted molar refractivity (Wildman–Crippen MR) is 81.8 cm³/mol. The largest absolute Gasteiger partial charge is 0.495 e. The average molecular weight is 289 g/mol. The molecule has 0 heterocycles. The van der Waals surface area contributed by atoms with Crippen LogP contribution in [0.5, 0.6) is 5.75 Å². The zero-order chi connectivity index (χ0) is 14.5. The quantitative estimate of drug-likeness (QED) is 0.759. The molecule has 0 atom stereocenters. The molecule has 0 aliphatic rings. The number of hydrogen-bond acceptors (Lipinski definition) is 2. The van der Waals surface area contributed by atoms with E-state index in [0.717, 1.165) is 6.42 Å². The number of benzene rings is 2. The van der Waals surface area contributed by atoms with Gasteiger partial charge in [-0.3, -0.25) is 4.79 Å². The van der Waals surface area contributed by atoms with Crippen molar-refractivity contribution in [2.24, 2.45) is 0 Å². The lowest BCUT2D eigenvalue weighted by atomic mass is 10.00. The molecular weight excluding hydrogens is 272 g/mol. The molecule has 0 unspecified atom stereocenters. The number of rotatable bonds is 5. The van der Waals surface area contributed by atoms with Crippen LogP contribution in [0.4, 0.5) is 0 Å². The zero-order valence-electron chi connectivity index (χ0n) is 11.7. The van der Waals surface area contributed by atoms with Crippen LogP contribution in [-0.2, 0) is 6.42 Å². The van der Waals surface area contributed by atoms with Crippen molar-refractivity contribution in [3.05, 3.63) is 64.2 Å². The second kappa shape index (κ2) is 6.58. The number of hydrogen-bond donors (Lipinski definition) is 0. The minimum Gasteiger partial charge on any atom is -0.495 e. The van der Waals surface area contributed by atoms with Crippen LogP contribution in [0.3, 0.4) is 0 Å². The summed E-state index contributed by atoms with van der Waals surface area (Å²) < 4.78 is 5.13. The molecule has 0 aliphatic heterocycles. The van der Waals surface area contributed by atoms with E-state index in [1.165, 1.54) is 11.1 Å². The highest BCUT2D eigenvalue weighted by Gasteiger charge is 2.10. The van der Waals surface area contributed by atoms with E-state index >= 15 is 0 Å². The van der Waals surface area contributed by atoms with E-state index < -0.39 is 0 Å². The SMILES string of the molecule is COc1cc(C(=O)CCc2ccccc2C)ccc1Cl. The summed E-state index contributed by atoms with van der Waals surface area (Å²) in [4.78, 5) is 12.2. The highest BCUT2D eigenvalue weighted by atomic mass is 35.5. The zero-order valence-corrected chi connectivity index (χ0v) is 12.4. The van der Waals surface area contributed by atoms with Gasteiger partial charge in [0.05, 0.1) is 12.1 Å². The third-order valence-electron chi connectivity index (χ3n) is 3.36. The lowest BCUT2D eigenvalue weighted by Crippen LogP contribution is -2.02. The van der Waals surface area contributed by atoms with Gasteiger partial charge in [-0.2, -0.15) is 0 Å². The Kier molecular flexibility index (Phi) is 4.80. The van der Waals surface area contributed by atoms with Gasteiger partial charge in [-0.15, -0.1) is 0 Å². The summed E-state index contributed by atoms with van der Waals surface area (Å²) >= 11 is 5.96. The Hall–Kier alpha value is -1.80. The topological polar surface area (TPSA) is 26.3 Å². The third-order valence-corrected chi connectivity index (χ3v) is 3.67. The normalized spacial score (nSPS) is 10.3. The highest BCUT2D eigenvalue weighted by Crippen LogP contribution is 2.25. The van der Waals surface area contributed by atoms with Crippen molar-refractivity contribution in [1.82, 2.24) is 0 Å². The van der Waals surface area contributed by atoms with Gasteiger partial charge < -0.3 is 4.74 Å². The molecule has 104 valence electrons. The molecule has 2 aromatic carbocycles. The summed E-state index contributed by atoms with van der Waals surface area (Å²) in [6.45, 7) is 2.06. The molecule has 0 amide bonds. The van der Waals surface area contributed by atoms with Crippen molar-refractivity contribution >= 4 is 17.4 Å². The average Bonchev–Trinajstić information content (AvgIpc) is 2.46. The summed E-state index contributed by atoms with van der Waals surface area (Å²) in [7, 11) is 1.54. The van der Waals surface area contributed by atoms with Gasteiger partial charge in [0.2, 0.25) is 0 Å². The third kappa shape index (κ3) is 3.40. The fraction of sp³-hybridized carbons (Fsp3) is 0.235. The van der Waals surface area contributed by atoms with Crippen molar-refractivity contribution in [3.63, 3.8) is 0 Å². The maximum absolute atomic E-state index is 12.2. The van der Waals surface area contributed by atoms with E-state index in [0.29, 0.717) is 22.8 Å². The number of carbonyl (C=O) groups is 1. The summed E-state index contributed by atoms with van der Waals surface area (Å²) in [6.07, 6.45) is 1.23. The Morgan fingerprint density at radius 3 is 2.65 bits per heavy atom. The van der Waals surface area contributed by atoms with Crippen LogP contribution < -0.4 is 4.74 Å². The molecule has 0 bridgehead atoms. The van der Waals surface area contributed by atoms with E-state index in [1.54, 1.807) is 25.3 Å². The second-order valence-electron chi connectivity index (χ2n) is 4.70. The molecule has 2 nitrogen and oxygen atoms in total. The molecule has 0 saturated carbocycles. The Morgan fingerprint density at radius 2 is 1.95 bits per heavy atom. The van der Waals surface area contributed by atoms with Crippen LogP contribution in [0.1, 0.15) is 27.9 Å². The van der Waals surface area contributed by atoms with Crippen molar-refractivity contribution in [3.8, 4) is 5.75 Å². The fourth-order valence-electron chi connectivity index (χ4n) is 2.12. The number of ketones is 1. The number of ether oxygens (including phenoxy) is 1. The standard InChI is InChI=1S/C17H17ClO2/c1-12-5-3-4-6-13(12)8-10-16(19)14-7-9-15(18)17(11-14)20-2/h3-7,9,11H,8,10H2,1-2H3. The van der Waals surface area contributed by atoms with Gasteiger partial charge >= 0.3 is 0 Å². The van der Waals surface area contributed by atoms with Crippen LogP contribution in [0.15, 0.2) is 42.5 Å². The Labute approximate surface area is 124 Å². The molecule has 0 saturated heterocycles. The molecular formula is C17H17ClO2. The first-order valence-corrected chi connectivity index (χ1v) is 6.91. The van der Waals surface area contributed by atoms with Crippen molar-refractivity contribution < 1.29 is 9.53 Å². The summed E-state index contributed by atoms with van der Waals surface area (Å²) in [6, 6.07) is 13.3. The first kappa shape index (κ1) is 14.6. The minimum atomic E-state index is 0.100. The van der Waals surface area contributed by atoms with E-state index in [2.05, 4.69) is 19.1 Å². The van der Waals surface area contributed by atoms with E-state index in [4.69, 9.17) is 16.3 Å². The maximum Gasteiger partial charge on any atom is 0.163 e. The van der Waals surface area contributed by atoms with E-state index in [9.17, 15) is 4.79 Å². The molecule has 0 aliphatic carbocycles. The Morgan fingerprint density at radius 1 is 1.20 bits per heavy atom. The molecule has 2 rings (SSSR count). The van der Waals surface area contributed by atoms with Gasteiger partial charge in [-0.1, -0.05) is 35.9 Å². The van der Waals surface area contributed by atoms with Crippen LogP contribution in [0, 0.1) is 6.92 Å². The van der Waals surface area contributed by atoms with Crippen LogP contribution in [0.2, 0.25) is 5.02 Å². The maximum atomic E-state index is 12.2. The van der Waals surface area contributed by atoms with Gasteiger partial charge in [0.1, 0.15) is 5.75 Å². The molecule has 0 N–H and O–H groups in total. The fourth-order valence-corrected chi connectivity index (χ4v) is 2.31. The first-order valence-electron chi connectivity index (χ1n) is 6.53. The lowest BCUT2D eigenvalue weighted by molar-refractivity contribution is 0.0982. The van der Waals surface area contributed by atoms with Crippen molar-refractivity contribution in [2.75, 3.05) is 7.11 Å². The van der Waals surface area contributed by atoms with Crippen molar-refractivity contribution in [1.29, 1.82) is 0 Å². The molecule has 20 heavy (non-hydrogen) atoms. The van der Waals surface area contributed by atoms with Crippen LogP contribution >= 0.6 is 11.6 Å². The van der Waals surface area contributed by atoms with Gasteiger partial charge in [-0.05, 0) is 42.7 Å². The number of aryl methyl sites for hydroxylation is 2. The van der Waals surface area contributed by atoms with Gasteiger partial charge in [0.25, 0.3) is 0 Å². The summed E-state index contributed by atoms with van der Waals surface area (Å²) in [5.74, 6) is 0.636. The molecule has 0 spiro atoms. The number of methoxy groups -OCH3 is 1. The highest BCUT2D eigenvalue weighted by molar-refractivity contribution is 6.32. The lowest BCUT2D eigenvalue weighted by Gasteiger charge is -2.07. The monoisotopic (exact) mass is 288 g/mol. The van der Waals surface area contributed by atoms with E-state index in [-0.39, 0.29) is 5.78 Å². The molecule has 2 aromatic rings. The first-order chi connectivity index (χ1) is 9.61. The Balaban J connectivity index is 2.07. The number of carbonyl (C=O) groups excluding carboxylic acids is 1. The van der Waals surface area contributed by atoms with Crippen LogP contribution in [0.25, 0.3) is 0 Å². The molecule has 0 aromatic heterocycles. The molecule has 3 heteroatoms. The smallest absolute Gasteiger partial charge is 0.163 e. The minimum absolute atomic E-state index is 0.100. The van der Waals surface area contributed by atoms with Gasteiger partial charge in [-0.25, -0.2) is 0 Å². The summed E-state index contributed by atoms with van der Waals surface area (Å²) in [5.41, 5.74) is 3.07. The van der Waals surface area contributed by atoms with Gasteiger partial charge in [0.15, 0.2) is 5.78 Å². The molecule has 0 radical (unpaired) electrons. The van der Waals surface area contributed by atoms with E-state index in [1.807, 2.05) is 12.1 Å². The number of Topliss-reactive ketones (excluding diaryl/α,β-unsaturated/α-hetero) is 1. The van der Waals surface area contributed by atoms with Crippen LogP contribution in [-0.4, -0.2) is 12.9 Å². The Bertz CT molecular complexity index is 620. The summed E-state index contributed by atoms with van der Waals surface area (Å²) in [5, 5.41) is 0.517. The second-order valence-corrected chi connectivity index (χ2v) is 5.11. The van der Waals surface area contributed by atoms with Crippen molar-refractivity contribution in [2.45, 2.75) is 19.8 Å². The predicted octanol–water partition coefficient (Wildman–Crippen LogP) is 4.47. The molecule has 0 fully saturated rings. The number of halogens is 1.